The van der Waals surface area contributed by atoms with E-state index in [9.17, 15) is 62.3 Å². The Bertz CT molecular complexity index is 4140. The van der Waals surface area contributed by atoms with Crippen LogP contribution in [0.5, 0.6) is 23.0 Å². The monoisotopic (exact) mass is 3150 g/mol. The summed E-state index contributed by atoms with van der Waals surface area (Å²) in [4.78, 5) is 158. The minimum absolute atomic E-state index is 0. The Morgan fingerprint density at radius 3 is 0.818 bits per heavy atom. The highest BCUT2D eigenvalue weighted by Crippen LogP contribution is 2.40. The van der Waals surface area contributed by atoms with Gasteiger partial charge in [0, 0.05) is 93.1 Å². The molecule has 0 aliphatic carbocycles. The summed E-state index contributed by atoms with van der Waals surface area (Å²) >= 11 is 58.4. The molecule has 0 aromatic heterocycles. The lowest BCUT2D eigenvalue weighted by molar-refractivity contribution is -0.671. The Kier molecular flexibility index (Phi) is 60.8. The predicted octanol–water partition coefficient (Wildman–Crippen LogP) is 16.2. The highest BCUT2D eigenvalue weighted by molar-refractivity contribution is 9.40. The Hall–Kier alpha value is -0.310. The first-order chi connectivity index (χ1) is 63.2. The predicted molar refractivity (Wildman–Crippen MR) is 581 cm³/mol. The van der Waals surface area contributed by atoms with Crippen molar-refractivity contribution in [2.45, 2.75) is 200 Å². The van der Waals surface area contributed by atoms with E-state index in [0.29, 0.717) is 5.92 Å². The molecule has 0 bridgehead atoms. The van der Waals surface area contributed by atoms with Crippen molar-refractivity contribution in [3.8, 4) is 23.0 Å². The smallest absolute Gasteiger partial charge is 0.344 e. The molecule has 3 aromatic rings. The normalized spacial score (nSPS) is 16.4. The Morgan fingerprint density at radius 2 is 0.562 bits per heavy atom. The van der Waals surface area contributed by atoms with Gasteiger partial charge >= 0.3 is 77.6 Å². The number of esters is 13. The van der Waals surface area contributed by atoms with Gasteiger partial charge in [0.2, 0.25) is 4.29 Å². The number of halogens is 19. The lowest BCUT2D eigenvalue weighted by Crippen LogP contribution is -2.88. The molecule has 774 valence electrons. The van der Waals surface area contributed by atoms with Crippen molar-refractivity contribution in [3.63, 3.8) is 0 Å². The largest absolute Gasteiger partial charge is 0.463 e. The first-order valence-electron chi connectivity index (χ1n) is 42.8. The van der Waals surface area contributed by atoms with Crippen molar-refractivity contribution in [2.75, 3.05) is 91.9 Å². The van der Waals surface area contributed by atoms with Gasteiger partial charge in [-0.25, -0.2) is 47.9 Å². The van der Waals surface area contributed by atoms with Crippen LogP contribution in [0.2, 0.25) is 0 Å². The highest BCUT2D eigenvalue weighted by atomic mass is 80.0. The number of piperidine rings is 5. The Balaban J connectivity index is 0.000000442. The van der Waals surface area contributed by atoms with Gasteiger partial charge in [-0.05, 0) is 207 Å². The second-order valence-electron chi connectivity index (χ2n) is 34.3. The maximum atomic E-state index is 12.9. The Labute approximate surface area is 959 Å². The summed E-state index contributed by atoms with van der Waals surface area (Å²) in [5.41, 5.74) is -1.92. The summed E-state index contributed by atoms with van der Waals surface area (Å²) in [5, 5.41) is 11.3. The fraction of sp³-hybridized carbons (Fsp3) is 0.644. The van der Waals surface area contributed by atoms with Crippen molar-refractivity contribution in [1.82, 2.24) is 0 Å². The van der Waals surface area contributed by atoms with Crippen LogP contribution in [0.3, 0.4) is 0 Å². The zero-order valence-corrected chi connectivity index (χ0v) is 106. The molecule has 5 fully saturated rings. The van der Waals surface area contributed by atoms with Crippen molar-refractivity contribution in [3.05, 3.63) is 83.4 Å². The first-order valence-corrected chi connectivity index (χ1v) is 59.4. The molecule has 5 saturated heterocycles. The molecule has 31 nitrogen and oxygen atoms in total. The van der Waals surface area contributed by atoms with Crippen LogP contribution in [-0.2, 0) is 95.4 Å². The standard InChI is InChI=1S/2C19H21Br4NO6.C16H21Br6NO6.C16H23Br4NO6.C16H22BrNO2.CH4/c2*1-19(2,11-3-5-24-6-4-11)30-16(25)10-7-12(28-17(26)14(20)21)9-13(8-10)29-18(27)15(22)23;1-14(2,10-3-5-23-6-4-10)29-11(24)9(7-27-12(25)15(17,18)19)8-28-13(26)16(20,21)22;1-16(2,10-3-5-21-6-4-10)27-13(22)9(7-25-14(23)11(17)18)8-26-15(24)12(19)20;1-16(2,13-9-6-10-18-11-13)20-15(19)14(17)12-7-4-3-5-8-12;/h2*7-9,11,14-15,24H,3-6H2,1-2H3;9-10,23H,3-8H2,1-2H3;9-12,21H,3-8H2,1-2H3;3-5,7-8,13-14,18H,6,9-11H2,1-2H3;1H4/p+5. The number of ether oxygens (including phenoxy) is 13. The van der Waals surface area contributed by atoms with Crippen LogP contribution >= 0.6 is 303 Å². The van der Waals surface area contributed by atoms with Crippen LogP contribution in [-0.4, -0.2) is 224 Å². The van der Waals surface area contributed by atoms with Gasteiger partial charge in [-0.3, -0.25) is 14.4 Å². The summed E-state index contributed by atoms with van der Waals surface area (Å²) < 4.78 is 63.5. The fourth-order valence-electron chi connectivity index (χ4n) is 14.5. The van der Waals surface area contributed by atoms with Gasteiger partial charge in [0.25, 0.3) is 0 Å². The molecule has 5 aliphatic heterocycles. The quantitative estimate of drug-likeness (QED) is 0.0160. The number of hydrogen-bond acceptors (Lipinski definition) is 26. The first kappa shape index (κ1) is 131. The molecule has 137 heavy (non-hydrogen) atoms. The fourth-order valence-corrected chi connectivity index (χ4v) is 16.8. The van der Waals surface area contributed by atoms with Crippen molar-refractivity contribution >= 4 is 380 Å². The van der Waals surface area contributed by atoms with E-state index in [0.717, 1.165) is 122 Å². The van der Waals surface area contributed by atoms with E-state index in [2.05, 4.69) is 329 Å². The summed E-state index contributed by atoms with van der Waals surface area (Å²) in [5.74, 6) is -7.92. The molecule has 50 heteroatoms. The van der Waals surface area contributed by atoms with E-state index in [4.69, 9.17) is 61.6 Å². The molecular weight excluding hydrogens is 3050 g/mol. The van der Waals surface area contributed by atoms with Crippen LogP contribution < -0.4 is 45.5 Å². The van der Waals surface area contributed by atoms with E-state index in [1.54, 1.807) is 0 Å². The number of alkyl halides is 19. The molecule has 0 radical (unpaired) electrons. The number of benzene rings is 3. The van der Waals surface area contributed by atoms with Crippen LogP contribution in [0.1, 0.15) is 172 Å². The van der Waals surface area contributed by atoms with E-state index >= 15 is 0 Å². The second kappa shape index (κ2) is 63.6. The zero-order chi connectivity index (χ0) is 103. The lowest BCUT2D eigenvalue weighted by Gasteiger charge is -2.36. The van der Waals surface area contributed by atoms with Gasteiger partial charge in [-0.15, -0.1) is 0 Å². The molecule has 0 amide bonds. The number of carbonyl (C=O) groups excluding carboxylic acids is 13. The molecule has 2 atom stereocenters. The van der Waals surface area contributed by atoms with E-state index in [1.165, 1.54) is 49.4 Å². The average Bonchev–Trinajstić information content (AvgIpc) is 0.835. The number of carbonyl (C=O) groups is 13. The van der Waals surface area contributed by atoms with Crippen LogP contribution in [0, 0.1) is 41.4 Å². The van der Waals surface area contributed by atoms with Gasteiger partial charge < -0.3 is 88.2 Å². The summed E-state index contributed by atoms with van der Waals surface area (Å²) in [7, 11) is 0. The number of hydrogen-bond donors (Lipinski definition) is 5. The molecule has 3 aromatic carbocycles. The molecule has 0 spiro atoms. The van der Waals surface area contributed by atoms with E-state index in [1.807, 2.05) is 99.6 Å². The maximum Gasteiger partial charge on any atom is 0.344 e. The van der Waals surface area contributed by atoms with Gasteiger partial charge in [0.1, 0.15) is 94.1 Å². The molecule has 8 rings (SSSR count). The van der Waals surface area contributed by atoms with Crippen molar-refractivity contribution in [2.24, 2.45) is 41.4 Å². The second-order valence-corrected chi connectivity index (χ2v) is 67.1. The van der Waals surface area contributed by atoms with E-state index in [-0.39, 0.29) is 97.6 Å². The summed E-state index contributed by atoms with van der Waals surface area (Å²) in [6, 6.07) is 17.9. The van der Waals surface area contributed by atoms with Crippen LogP contribution in [0.4, 0.5) is 0 Å². The maximum absolute atomic E-state index is 12.9. The summed E-state index contributed by atoms with van der Waals surface area (Å²) in [6.07, 6.45) is 9.94. The third kappa shape index (κ3) is 48.9. The molecule has 5 aliphatic rings. The van der Waals surface area contributed by atoms with Gasteiger partial charge in [0.15, 0.2) is 22.4 Å². The topological polar surface area (TPSA) is 425 Å². The van der Waals surface area contributed by atoms with Gasteiger partial charge in [-0.2, -0.15) is 0 Å². The SMILES string of the molecule is C.CC(C)(OC(=O)C(Br)c1ccccc1)C1CCC[NH2+]C1.CC(C)(OC(=O)C(COC(=O)C(Br)(Br)Br)COC(=O)C(Br)(Br)Br)C1CC[NH2+]CC1.CC(C)(OC(=O)C(COC(=O)C(Br)Br)COC(=O)C(Br)Br)C1CC[NH2+]CC1.CC(C)(OC(=O)c1cc(OC(=O)C(Br)Br)cc(OC(=O)C(Br)Br)c1)C1CC[NH2+]CC1.CC(C)(OC(=O)c1cc(OC(=O)C(Br)Br)cc(OC(=O)C(Br)Br)c1)C1CC[NH2+]CC1. The molecule has 0 saturated carbocycles. The molecule has 2 unspecified atom stereocenters. The third-order valence-corrected chi connectivity index (χ3v) is 29.5. The van der Waals surface area contributed by atoms with Crippen molar-refractivity contribution in [1.29, 1.82) is 0 Å². The number of nitrogens with two attached hydrogens (primary N) is 5. The highest BCUT2D eigenvalue weighted by Gasteiger charge is 2.45. The Morgan fingerprint density at radius 1 is 0.307 bits per heavy atom. The zero-order valence-electron chi connectivity index (χ0n) is 75.6. The minimum Gasteiger partial charge on any atom is -0.463 e. The molecular formula is C87H117Br19N5O26+5. The molecule has 5 heterocycles. The lowest BCUT2D eigenvalue weighted by atomic mass is 9.83. The molecule has 10 N–H and O–H groups in total. The summed E-state index contributed by atoms with van der Waals surface area (Å²) in [6.45, 7) is 28.2. The van der Waals surface area contributed by atoms with Crippen LogP contribution in [0.15, 0.2) is 66.7 Å². The van der Waals surface area contributed by atoms with E-state index < -0.39 is 143 Å². The van der Waals surface area contributed by atoms with Gasteiger partial charge in [0.05, 0.1) is 76.6 Å². The van der Waals surface area contributed by atoms with Crippen LogP contribution in [0.25, 0.3) is 0 Å². The van der Waals surface area contributed by atoms with Crippen molar-refractivity contribution < 1.29 is 150 Å². The third-order valence-electron chi connectivity index (χ3n) is 22.2. The number of rotatable bonds is 34. The number of quaternary nitrogens is 5. The minimum atomic E-state index is -1.27. The average molecular weight is 3170 g/mol. The van der Waals surface area contributed by atoms with Gasteiger partial charge in [-0.1, -0.05) is 245 Å².